The molecule has 0 N–H and O–H groups in total. The van der Waals surface area contributed by atoms with Gasteiger partial charge >= 0.3 is 0 Å². The first-order valence-electron chi connectivity index (χ1n) is 3.45. The number of benzene rings is 1. The molecule has 0 fully saturated rings. The van der Waals surface area contributed by atoms with E-state index in [4.69, 9.17) is 11.6 Å². The predicted octanol–water partition coefficient (Wildman–Crippen LogP) is 3.81. The Kier molecular flexibility index (Phi) is 2.53. The molecule has 5 heteroatoms. The highest BCUT2D eigenvalue weighted by Crippen LogP contribution is 2.25. The first-order chi connectivity index (χ1) is 6.16. The Hall–Kier alpha value is -0.190. The number of fused-ring (bicyclic) bond motifs is 1. The number of hydrogen-bond acceptors (Lipinski definition) is 2. The third-order valence-corrected chi connectivity index (χ3v) is 2.78. The van der Waals surface area contributed by atoms with E-state index in [2.05, 4.69) is 41.8 Å². The van der Waals surface area contributed by atoms with Gasteiger partial charge in [-0.15, -0.1) is 0 Å². The zero-order valence-electron chi connectivity index (χ0n) is 6.26. The smallest absolute Gasteiger partial charge is 0.198 e. The molecule has 66 valence electrons. The van der Waals surface area contributed by atoms with E-state index in [1.807, 2.05) is 12.1 Å². The summed E-state index contributed by atoms with van der Waals surface area (Å²) in [5.74, 6) is 0. The second-order valence-electron chi connectivity index (χ2n) is 2.44. The summed E-state index contributed by atoms with van der Waals surface area (Å²) in [4.78, 5) is 8.30. The van der Waals surface area contributed by atoms with Gasteiger partial charge < -0.3 is 0 Å². The summed E-state index contributed by atoms with van der Waals surface area (Å²) in [6.45, 7) is 0. The number of hydrogen-bond donors (Lipinski definition) is 0. The summed E-state index contributed by atoms with van der Waals surface area (Å²) >= 11 is 12.4. The van der Waals surface area contributed by atoms with Crippen molar-refractivity contribution in [2.45, 2.75) is 0 Å². The molecule has 2 rings (SSSR count). The Morgan fingerprint density at radius 3 is 2.69 bits per heavy atom. The summed E-state index contributed by atoms with van der Waals surface area (Å²) < 4.78 is 1.31. The fourth-order valence-corrected chi connectivity index (χ4v) is 2.30. The molecule has 0 saturated carbocycles. The van der Waals surface area contributed by atoms with Crippen molar-refractivity contribution in [1.82, 2.24) is 9.97 Å². The summed E-state index contributed by atoms with van der Waals surface area (Å²) in [5, 5.41) is 1.59. The highest BCUT2D eigenvalue weighted by molar-refractivity contribution is 9.11. The lowest BCUT2D eigenvalue weighted by molar-refractivity contribution is 1.13. The molecule has 0 saturated heterocycles. The molecular weight excluding hydrogens is 319 g/mol. The fraction of sp³-hybridized carbons (Fsp3) is 0. The standard InChI is InChI=1S/C8H3Br2ClN2/c9-7-5-3-4(11)1-2-6(5)12-8(10)13-7/h1-3H. The van der Waals surface area contributed by atoms with Gasteiger partial charge in [0, 0.05) is 10.4 Å². The van der Waals surface area contributed by atoms with Crippen LogP contribution in [0.15, 0.2) is 27.5 Å². The van der Waals surface area contributed by atoms with Gasteiger partial charge in [-0.05, 0) is 50.1 Å². The van der Waals surface area contributed by atoms with Crippen LogP contribution >= 0.6 is 43.5 Å². The van der Waals surface area contributed by atoms with Crippen molar-refractivity contribution in [2.24, 2.45) is 0 Å². The number of rotatable bonds is 0. The lowest BCUT2D eigenvalue weighted by Crippen LogP contribution is -1.86. The van der Waals surface area contributed by atoms with Gasteiger partial charge in [0.25, 0.3) is 0 Å². The maximum atomic E-state index is 5.84. The Morgan fingerprint density at radius 1 is 1.15 bits per heavy atom. The van der Waals surface area contributed by atoms with Gasteiger partial charge in [-0.2, -0.15) is 0 Å². The molecule has 2 aromatic rings. The van der Waals surface area contributed by atoms with E-state index in [0.717, 1.165) is 15.5 Å². The average molecular weight is 322 g/mol. The lowest BCUT2D eigenvalue weighted by Gasteiger charge is -2.00. The van der Waals surface area contributed by atoms with Gasteiger partial charge in [0.05, 0.1) is 5.52 Å². The Morgan fingerprint density at radius 2 is 1.92 bits per heavy atom. The molecule has 1 aromatic heterocycles. The SMILES string of the molecule is Clc1ccc2nc(Br)nc(Br)c2c1. The van der Waals surface area contributed by atoms with Gasteiger partial charge in [0.15, 0.2) is 4.73 Å². The van der Waals surface area contributed by atoms with Crippen LogP contribution in [0.2, 0.25) is 5.02 Å². The van der Waals surface area contributed by atoms with Crippen LogP contribution in [0.1, 0.15) is 0 Å². The second kappa shape index (κ2) is 3.52. The van der Waals surface area contributed by atoms with Crippen LogP contribution in [-0.4, -0.2) is 9.97 Å². The topological polar surface area (TPSA) is 25.8 Å². The van der Waals surface area contributed by atoms with E-state index in [9.17, 15) is 0 Å². The summed E-state index contributed by atoms with van der Waals surface area (Å²) in [7, 11) is 0. The Bertz CT molecular complexity index is 473. The van der Waals surface area contributed by atoms with E-state index < -0.39 is 0 Å². The van der Waals surface area contributed by atoms with Gasteiger partial charge in [-0.3, -0.25) is 0 Å². The van der Waals surface area contributed by atoms with Crippen molar-refractivity contribution < 1.29 is 0 Å². The minimum Gasteiger partial charge on any atom is -0.222 e. The molecule has 2 nitrogen and oxygen atoms in total. The zero-order chi connectivity index (χ0) is 9.42. The van der Waals surface area contributed by atoms with Crippen molar-refractivity contribution in [3.8, 4) is 0 Å². The summed E-state index contributed by atoms with van der Waals surface area (Å²) in [6.07, 6.45) is 0. The molecule has 1 heterocycles. The van der Waals surface area contributed by atoms with Gasteiger partial charge in [0.2, 0.25) is 0 Å². The minimum atomic E-state index is 0.564. The van der Waals surface area contributed by atoms with Gasteiger partial charge in [0.1, 0.15) is 4.60 Å². The summed E-state index contributed by atoms with van der Waals surface area (Å²) in [5.41, 5.74) is 0.859. The van der Waals surface area contributed by atoms with Gasteiger partial charge in [-0.25, -0.2) is 9.97 Å². The van der Waals surface area contributed by atoms with E-state index in [-0.39, 0.29) is 0 Å². The normalized spacial score (nSPS) is 10.7. The molecule has 0 amide bonds. The van der Waals surface area contributed by atoms with Crippen LogP contribution in [0.5, 0.6) is 0 Å². The van der Waals surface area contributed by atoms with Crippen molar-refractivity contribution in [1.29, 1.82) is 0 Å². The van der Waals surface area contributed by atoms with Crippen molar-refractivity contribution in [3.05, 3.63) is 32.6 Å². The van der Waals surface area contributed by atoms with Crippen LogP contribution < -0.4 is 0 Å². The van der Waals surface area contributed by atoms with E-state index in [1.54, 1.807) is 6.07 Å². The molecule has 0 aliphatic carbocycles. The van der Waals surface area contributed by atoms with Crippen molar-refractivity contribution >= 4 is 54.4 Å². The first kappa shape index (κ1) is 9.37. The lowest BCUT2D eigenvalue weighted by atomic mass is 10.2. The largest absolute Gasteiger partial charge is 0.222 e. The molecule has 1 aromatic carbocycles. The monoisotopic (exact) mass is 320 g/mol. The van der Waals surface area contributed by atoms with E-state index >= 15 is 0 Å². The molecule has 0 bridgehead atoms. The maximum absolute atomic E-state index is 5.84. The second-order valence-corrected chi connectivity index (χ2v) is 4.34. The fourth-order valence-electron chi connectivity index (χ4n) is 1.04. The first-order valence-corrected chi connectivity index (χ1v) is 5.41. The zero-order valence-corrected chi connectivity index (χ0v) is 10.2. The quantitative estimate of drug-likeness (QED) is 0.544. The van der Waals surface area contributed by atoms with E-state index in [0.29, 0.717) is 9.76 Å². The van der Waals surface area contributed by atoms with Crippen LogP contribution in [0, 0.1) is 0 Å². The van der Waals surface area contributed by atoms with Crippen LogP contribution in [-0.2, 0) is 0 Å². The third-order valence-electron chi connectivity index (χ3n) is 1.58. The molecule has 13 heavy (non-hydrogen) atoms. The maximum Gasteiger partial charge on any atom is 0.198 e. The van der Waals surface area contributed by atoms with Crippen LogP contribution in [0.4, 0.5) is 0 Å². The van der Waals surface area contributed by atoms with Crippen LogP contribution in [0.25, 0.3) is 10.9 Å². The summed E-state index contributed by atoms with van der Waals surface area (Å²) in [6, 6.07) is 5.48. The predicted molar refractivity (Wildman–Crippen MR) is 59.9 cm³/mol. The molecule has 0 radical (unpaired) electrons. The average Bonchev–Trinajstić information content (AvgIpc) is 2.06. The molecule has 0 unspecified atom stereocenters. The van der Waals surface area contributed by atoms with Gasteiger partial charge in [-0.1, -0.05) is 11.6 Å². The molecule has 0 atom stereocenters. The van der Waals surface area contributed by atoms with Crippen molar-refractivity contribution in [3.63, 3.8) is 0 Å². The molecular formula is C8H3Br2ClN2. The highest BCUT2D eigenvalue weighted by Gasteiger charge is 2.03. The number of aromatic nitrogens is 2. The third kappa shape index (κ3) is 1.85. The minimum absolute atomic E-state index is 0.564. The molecule has 0 aliphatic heterocycles. The number of nitrogens with zero attached hydrogens (tertiary/aromatic N) is 2. The Labute approximate surface area is 96.6 Å². The molecule has 0 aliphatic rings. The number of halogens is 3. The highest BCUT2D eigenvalue weighted by atomic mass is 79.9. The van der Waals surface area contributed by atoms with Crippen LogP contribution in [0.3, 0.4) is 0 Å². The molecule has 0 spiro atoms. The van der Waals surface area contributed by atoms with Crippen molar-refractivity contribution in [2.75, 3.05) is 0 Å². The van der Waals surface area contributed by atoms with E-state index in [1.165, 1.54) is 0 Å². The Balaban J connectivity index is 2.87.